The molecule has 1 aromatic rings. The highest BCUT2D eigenvalue weighted by molar-refractivity contribution is 7.89. The van der Waals surface area contributed by atoms with Crippen molar-refractivity contribution in [3.05, 3.63) is 36.5 Å². The molecular weight excluding hydrogens is 274 g/mol. The van der Waals surface area contributed by atoms with Gasteiger partial charge in [0, 0.05) is 5.69 Å². The molecule has 0 heterocycles. The number of sulfonamides is 1. The first-order chi connectivity index (χ1) is 8.70. The minimum atomic E-state index is -3.80. The summed E-state index contributed by atoms with van der Waals surface area (Å²) in [5, 5.41) is 17.7. The van der Waals surface area contributed by atoms with Crippen LogP contribution >= 0.6 is 0 Å². The fourth-order valence-corrected chi connectivity index (χ4v) is 1.60. The lowest BCUT2D eigenvalue weighted by atomic mass is 10.3. The molecule has 0 aliphatic heterocycles. The Bertz CT molecular complexity index is 621. The van der Waals surface area contributed by atoms with E-state index >= 15 is 0 Å². The van der Waals surface area contributed by atoms with Gasteiger partial charge in [-0.3, -0.25) is 0 Å². The first kappa shape index (κ1) is 14.7. The van der Waals surface area contributed by atoms with E-state index in [0.717, 1.165) is 0 Å². The van der Waals surface area contributed by atoms with Crippen LogP contribution in [-0.2, 0) is 14.8 Å². The van der Waals surface area contributed by atoms with Crippen LogP contribution in [-0.4, -0.2) is 25.5 Å². The minimum absolute atomic E-state index is 0.103. The number of carbonyl (C=O) groups excluding carboxylic acids is 1. The first-order valence-corrected chi connectivity index (χ1v) is 6.38. The monoisotopic (exact) mass is 285 g/mol. The van der Waals surface area contributed by atoms with Crippen molar-refractivity contribution < 1.29 is 23.1 Å². The van der Waals surface area contributed by atoms with E-state index in [4.69, 9.17) is 10.2 Å². The first-order valence-electron chi connectivity index (χ1n) is 4.83. The third-order valence-corrected chi connectivity index (χ3v) is 2.89. The summed E-state index contributed by atoms with van der Waals surface area (Å²) in [7, 11) is -3.80. The topological polar surface area (TPSA) is 139 Å². The molecule has 0 unspecified atom stereocenters. The maximum absolute atomic E-state index is 11.3. The summed E-state index contributed by atoms with van der Waals surface area (Å²) in [6.07, 6.45) is 0. The van der Waals surface area contributed by atoms with Crippen LogP contribution in [0.25, 0.3) is 0 Å². The molecule has 0 saturated heterocycles. The number of aliphatic carboxylic acids is 1. The average Bonchev–Trinajstić information content (AvgIpc) is 2.28. The Morgan fingerprint density at radius 3 is 2.16 bits per heavy atom. The second-order valence-electron chi connectivity index (χ2n) is 3.43. The Morgan fingerprint density at radius 2 is 1.74 bits per heavy atom. The van der Waals surface area contributed by atoms with Crippen LogP contribution in [0.15, 0.2) is 41.4 Å². The predicted molar refractivity (Wildman–Crippen MR) is 66.7 cm³/mol. The number of benzene rings is 1. The number of anilines is 1. The number of carboxylic acid groups (broad SMARTS) is 1. The number of nitrogens with one attached hydrogen (secondary N) is 2. The molecular formula is C10H11N3O5S. The van der Waals surface area contributed by atoms with Gasteiger partial charge in [0.2, 0.25) is 10.0 Å². The van der Waals surface area contributed by atoms with Crippen LogP contribution in [0.2, 0.25) is 0 Å². The number of carboxylic acids is 1. The number of amides is 2. The molecule has 0 aliphatic rings. The standard InChI is InChI=1S/C10H11N3O5S/c1-6(9(14)15)12-10(16)13-7-2-4-8(5-3-7)19(11,17)18/h2-5H,1H2,(H,14,15)(H2,11,17,18)(H2,12,13,16). The number of hydrogen-bond acceptors (Lipinski definition) is 4. The summed E-state index contributed by atoms with van der Waals surface area (Å²) in [4.78, 5) is 21.6. The molecule has 5 N–H and O–H groups in total. The van der Waals surface area contributed by atoms with Gasteiger partial charge in [0.1, 0.15) is 5.70 Å². The highest BCUT2D eigenvalue weighted by atomic mass is 32.2. The fraction of sp³-hybridized carbons (Fsp3) is 0. The van der Waals surface area contributed by atoms with Crippen LogP contribution in [0.1, 0.15) is 0 Å². The molecule has 0 spiro atoms. The third kappa shape index (κ3) is 4.41. The quantitative estimate of drug-likeness (QED) is 0.579. The van der Waals surface area contributed by atoms with Gasteiger partial charge in [0.15, 0.2) is 0 Å². The average molecular weight is 285 g/mol. The van der Waals surface area contributed by atoms with E-state index < -0.39 is 27.7 Å². The number of rotatable bonds is 4. The zero-order valence-electron chi connectivity index (χ0n) is 9.58. The van der Waals surface area contributed by atoms with Gasteiger partial charge in [0.25, 0.3) is 0 Å². The molecule has 0 bridgehead atoms. The van der Waals surface area contributed by atoms with E-state index in [2.05, 4.69) is 11.9 Å². The van der Waals surface area contributed by atoms with E-state index in [9.17, 15) is 18.0 Å². The summed E-state index contributed by atoms with van der Waals surface area (Å²) in [6, 6.07) is 4.22. The Labute approximate surface area is 109 Å². The molecule has 0 atom stereocenters. The Morgan fingerprint density at radius 1 is 1.21 bits per heavy atom. The van der Waals surface area contributed by atoms with Gasteiger partial charge < -0.3 is 15.7 Å². The van der Waals surface area contributed by atoms with Crippen LogP contribution < -0.4 is 15.8 Å². The van der Waals surface area contributed by atoms with Crippen molar-refractivity contribution in [1.29, 1.82) is 0 Å². The number of carbonyl (C=O) groups is 2. The molecule has 0 saturated carbocycles. The van der Waals surface area contributed by atoms with Crippen molar-refractivity contribution in [3.63, 3.8) is 0 Å². The lowest BCUT2D eigenvalue weighted by Gasteiger charge is -2.07. The smallest absolute Gasteiger partial charge is 0.351 e. The Hall–Kier alpha value is -2.39. The van der Waals surface area contributed by atoms with Crippen molar-refractivity contribution in [3.8, 4) is 0 Å². The highest BCUT2D eigenvalue weighted by Crippen LogP contribution is 2.12. The predicted octanol–water partition coefficient (Wildman–Crippen LogP) is 0.0538. The molecule has 102 valence electrons. The third-order valence-electron chi connectivity index (χ3n) is 1.96. The van der Waals surface area contributed by atoms with Gasteiger partial charge in [-0.15, -0.1) is 0 Å². The van der Waals surface area contributed by atoms with Crippen molar-refractivity contribution in [1.82, 2.24) is 5.32 Å². The van der Waals surface area contributed by atoms with Gasteiger partial charge in [-0.2, -0.15) is 0 Å². The van der Waals surface area contributed by atoms with Gasteiger partial charge in [0.05, 0.1) is 4.90 Å². The van der Waals surface area contributed by atoms with Crippen LogP contribution in [0.3, 0.4) is 0 Å². The number of nitrogens with two attached hydrogens (primary N) is 1. The van der Waals surface area contributed by atoms with Crippen molar-refractivity contribution >= 4 is 27.7 Å². The second-order valence-corrected chi connectivity index (χ2v) is 4.99. The van der Waals surface area contributed by atoms with Crippen molar-refractivity contribution in [2.45, 2.75) is 4.90 Å². The van der Waals surface area contributed by atoms with Gasteiger partial charge in [-0.1, -0.05) is 6.58 Å². The SMILES string of the molecule is C=C(NC(=O)Nc1ccc(S(N)(=O)=O)cc1)C(=O)O. The minimum Gasteiger partial charge on any atom is -0.477 e. The van der Waals surface area contributed by atoms with Crippen LogP contribution in [0.5, 0.6) is 0 Å². The molecule has 19 heavy (non-hydrogen) atoms. The van der Waals surface area contributed by atoms with E-state index in [1.807, 2.05) is 5.32 Å². The Kier molecular flexibility index (Phi) is 4.25. The maximum Gasteiger partial charge on any atom is 0.351 e. The number of primary sulfonamides is 1. The van der Waals surface area contributed by atoms with Crippen LogP contribution in [0, 0.1) is 0 Å². The van der Waals surface area contributed by atoms with Gasteiger partial charge in [-0.05, 0) is 24.3 Å². The van der Waals surface area contributed by atoms with Crippen molar-refractivity contribution in [2.24, 2.45) is 5.14 Å². The molecule has 8 nitrogen and oxygen atoms in total. The molecule has 1 aromatic carbocycles. The van der Waals surface area contributed by atoms with Gasteiger partial charge >= 0.3 is 12.0 Å². The van der Waals surface area contributed by atoms with Crippen molar-refractivity contribution in [2.75, 3.05) is 5.32 Å². The fourth-order valence-electron chi connectivity index (χ4n) is 1.08. The van der Waals surface area contributed by atoms with Crippen LogP contribution in [0.4, 0.5) is 10.5 Å². The summed E-state index contributed by atoms with van der Waals surface area (Å²) in [5.74, 6) is -1.36. The summed E-state index contributed by atoms with van der Waals surface area (Å²) in [5.41, 5.74) is -0.221. The molecule has 1 rings (SSSR count). The number of urea groups is 1. The van der Waals surface area contributed by atoms with E-state index in [1.165, 1.54) is 24.3 Å². The summed E-state index contributed by atoms with van der Waals surface area (Å²) in [6.45, 7) is 3.11. The van der Waals surface area contributed by atoms with E-state index in [1.54, 1.807) is 0 Å². The zero-order chi connectivity index (χ0) is 14.6. The van der Waals surface area contributed by atoms with E-state index in [0.29, 0.717) is 0 Å². The molecule has 9 heteroatoms. The van der Waals surface area contributed by atoms with Gasteiger partial charge in [-0.25, -0.2) is 23.1 Å². The largest absolute Gasteiger partial charge is 0.477 e. The second kappa shape index (κ2) is 5.50. The Balaban J connectivity index is 2.71. The summed E-state index contributed by atoms with van der Waals surface area (Å²) < 4.78 is 22.0. The molecule has 0 fully saturated rings. The molecule has 0 aromatic heterocycles. The normalized spacial score (nSPS) is 10.6. The lowest BCUT2D eigenvalue weighted by Crippen LogP contribution is -2.30. The molecule has 0 aliphatic carbocycles. The molecule has 0 radical (unpaired) electrons. The maximum atomic E-state index is 11.3. The zero-order valence-corrected chi connectivity index (χ0v) is 10.4. The lowest BCUT2D eigenvalue weighted by molar-refractivity contribution is -0.132. The van der Waals surface area contributed by atoms with E-state index in [-0.39, 0.29) is 10.6 Å². The number of hydrogen-bond donors (Lipinski definition) is 4. The molecule has 2 amide bonds. The highest BCUT2D eigenvalue weighted by Gasteiger charge is 2.10. The summed E-state index contributed by atoms with van der Waals surface area (Å²) >= 11 is 0.